The summed E-state index contributed by atoms with van der Waals surface area (Å²) in [5.41, 5.74) is 3.70. The number of carbonyl (C=O) groups excluding carboxylic acids is 1. The Morgan fingerprint density at radius 1 is 1.17 bits per heavy atom. The van der Waals surface area contributed by atoms with Gasteiger partial charge in [-0.3, -0.25) is 4.98 Å². The van der Waals surface area contributed by atoms with E-state index in [-0.39, 0.29) is 5.97 Å². The normalized spacial score (nSPS) is 10.7. The highest BCUT2D eigenvalue weighted by atomic mass is 35.5. The highest BCUT2D eigenvalue weighted by molar-refractivity contribution is 6.31. The molecule has 0 unspecified atom stereocenters. The number of hydrogen-bond donors (Lipinski definition) is 0. The topological polar surface area (TPSA) is 39.2 Å². The van der Waals surface area contributed by atoms with Crippen LogP contribution >= 0.6 is 11.6 Å². The second-order valence-electron chi connectivity index (χ2n) is 5.20. The molecular formula is C19H16ClNO2. The third-order valence-electron chi connectivity index (χ3n) is 3.67. The van der Waals surface area contributed by atoms with Crippen molar-refractivity contribution in [3.05, 3.63) is 64.8 Å². The third kappa shape index (κ3) is 2.92. The van der Waals surface area contributed by atoms with Crippen LogP contribution in [0.25, 0.3) is 22.0 Å². The van der Waals surface area contributed by atoms with E-state index in [0.717, 1.165) is 22.0 Å². The lowest BCUT2D eigenvalue weighted by Crippen LogP contribution is -2.10. The van der Waals surface area contributed by atoms with E-state index in [1.165, 1.54) is 0 Å². The van der Waals surface area contributed by atoms with Gasteiger partial charge in [0.25, 0.3) is 0 Å². The average molecular weight is 326 g/mol. The van der Waals surface area contributed by atoms with Gasteiger partial charge in [-0.05, 0) is 31.5 Å². The first-order valence-electron chi connectivity index (χ1n) is 7.44. The average Bonchev–Trinajstić information content (AvgIpc) is 2.54. The molecule has 0 bridgehead atoms. The zero-order valence-corrected chi connectivity index (χ0v) is 13.7. The van der Waals surface area contributed by atoms with E-state index in [4.69, 9.17) is 16.3 Å². The van der Waals surface area contributed by atoms with Gasteiger partial charge in [-0.25, -0.2) is 4.79 Å². The fourth-order valence-corrected chi connectivity index (χ4v) is 2.88. The zero-order chi connectivity index (χ0) is 16.4. The molecule has 0 atom stereocenters. The molecule has 0 spiro atoms. The molecule has 1 heterocycles. The van der Waals surface area contributed by atoms with Crippen molar-refractivity contribution in [1.82, 2.24) is 4.98 Å². The molecule has 0 amide bonds. The van der Waals surface area contributed by atoms with Crippen LogP contribution in [0.3, 0.4) is 0 Å². The minimum atomic E-state index is -0.354. The third-order valence-corrected chi connectivity index (χ3v) is 3.91. The quantitative estimate of drug-likeness (QED) is 0.633. The van der Waals surface area contributed by atoms with E-state index in [1.54, 1.807) is 6.92 Å². The number of aromatic nitrogens is 1. The lowest BCUT2D eigenvalue weighted by molar-refractivity contribution is 0.0526. The van der Waals surface area contributed by atoms with Crippen molar-refractivity contribution in [2.45, 2.75) is 13.8 Å². The number of hydrogen-bond acceptors (Lipinski definition) is 3. The van der Waals surface area contributed by atoms with E-state index >= 15 is 0 Å². The monoisotopic (exact) mass is 325 g/mol. The van der Waals surface area contributed by atoms with Gasteiger partial charge in [-0.2, -0.15) is 0 Å². The molecule has 0 saturated carbocycles. The highest BCUT2D eigenvalue weighted by Crippen LogP contribution is 2.34. The Morgan fingerprint density at radius 3 is 2.61 bits per heavy atom. The summed E-state index contributed by atoms with van der Waals surface area (Å²) in [4.78, 5) is 17.0. The SMILES string of the molecule is CCOC(=O)c1c(C)nc2cc(Cl)ccc2c1-c1ccccc1. The maximum Gasteiger partial charge on any atom is 0.340 e. The standard InChI is InChI=1S/C19H16ClNO2/c1-3-23-19(22)17-12(2)21-16-11-14(20)9-10-15(16)18(17)13-7-5-4-6-8-13/h4-11H,3H2,1-2H3. The lowest BCUT2D eigenvalue weighted by Gasteiger charge is -2.15. The summed E-state index contributed by atoms with van der Waals surface area (Å²) in [6, 6.07) is 15.3. The van der Waals surface area contributed by atoms with E-state index in [2.05, 4.69) is 4.98 Å². The molecule has 2 aromatic carbocycles. The Bertz CT molecular complexity index is 875. The molecule has 3 nitrogen and oxygen atoms in total. The Labute approximate surface area is 139 Å². The van der Waals surface area contributed by atoms with Crippen molar-refractivity contribution in [3.63, 3.8) is 0 Å². The number of nitrogens with zero attached hydrogens (tertiary/aromatic N) is 1. The molecule has 0 N–H and O–H groups in total. The Morgan fingerprint density at radius 2 is 1.91 bits per heavy atom. The Balaban J connectivity index is 2.39. The largest absolute Gasteiger partial charge is 0.462 e. The molecule has 0 aliphatic rings. The summed E-state index contributed by atoms with van der Waals surface area (Å²) in [5, 5.41) is 1.50. The van der Waals surface area contributed by atoms with Gasteiger partial charge in [0.2, 0.25) is 0 Å². The molecule has 23 heavy (non-hydrogen) atoms. The van der Waals surface area contributed by atoms with Gasteiger partial charge in [0, 0.05) is 16.0 Å². The van der Waals surface area contributed by atoms with Crippen molar-refractivity contribution in [2.75, 3.05) is 6.61 Å². The molecule has 4 heteroatoms. The van der Waals surface area contributed by atoms with Crippen LogP contribution in [0.15, 0.2) is 48.5 Å². The Kier molecular flexibility index (Phi) is 4.30. The first kappa shape index (κ1) is 15.5. The summed E-state index contributed by atoms with van der Waals surface area (Å²) in [7, 11) is 0. The van der Waals surface area contributed by atoms with Crippen LogP contribution in [0, 0.1) is 6.92 Å². The van der Waals surface area contributed by atoms with Crippen LogP contribution in [-0.2, 0) is 4.74 Å². The van der Waals surface area contributed by atoms with Gasteiger partial charge in [0.1, 0.15) is 0 Å². The highest BCUT2D eigenvalue weighted by Gasteiger charge is 2.21. The van der Waals surface area contributed by atoms with Gasteiger partial charge in [-0.15, -0.1) is 0 Å². The van der Waals surface area contributed by atoms with Crippen LogP contribution in [0.2, 0.25) is 5.02 Å². The number of carbonyl (C=O) groups is 1. The van der Waals surface area contributed by atoms with Crippen molar-refractivity contribution in [3.8, 4) is 11.1 Å². The molecule has 116 valence electrons. The summed E-state index contributed by atoms with van der Waals surface area (Å²) in [5.74, 6) is -0.354. The second-order valence-corrected chi connectivity index (χ2v) is 5.63. The number of rotatable bonds is 3. The first-order valence-corrected chi connectivity index (χ1v) is 7.82. The molecule has 3 rings (SSSR count). The van der Waals surface area contributed by atoms with E-state index in [0.29, 0.717) is 22.9 Å². The molecule has 0 fully saturated rings. The maximum atomic E-state index is 12.5. The summed E-state index contributed by atoms with van der Waals surface area (Å²) >= 11 is 6.09. The maximum absolute atomic E-state index is 12.5. The van der Waals surface area contributed by atoms with Crippen LogP contribution < -0.4 is 0 Å². The first-order chi connectivity index (χ1) is 11.1. The number of benzene rings is 2. The molecule has 1 aromatic heterocycles. The number of aryl methyl sites for hydroxylation is 1. The van der Waals surface area contributed by atoms with E-state index in [9.17, 15) is 4.79 Å². The van der Waals surface area contributed by atoms with Gasteiger partial charge in [0.05, 0.1) is 23.4 Å². The summed E-state index contributed by atoms with van der Waals surface area (Å²) in [6.45, 7) is 3.94. The fraction of sp³-hybridized carbons (Fsp3) is 0.158. The van der Waals surface area contributed by atoms with Crippen LogP contribution in [-0.4, -0.2) is 17.6 Å². The van der Waals surface area contributed by atoms with Crippen LogP contribution in [0.5, 0.6) is 0 Å². The van der Waals surface area contributed by atoms with Crippen molar-refractivity contribution in [1.29, 1.82) is 0 Å². The van der Waals surface area contributed by atoms with E-state index in [1.807, 2.05) is 55.5 Å². The van der Waals surface area contributed by atoms with Crippen molar-refractivity contribution >= 4 is 28.5 Å². The van der Waals surface area contributed by atoms with Gasteiger partial charge in [-0.1, -0.05) is 48.0 Å². The van der Waals surface area contributed by atoms with Crippen LogP contribution in [0.4, 0.5) is 0 Å². The molecule has 0 saturated heterocycles. The Hall–Kier alpha value is -2.39. The second kappa shape index (κ2) is 6.39. The minimum absolute atomic E-state index is 0.325. The van der Waals surface area contributed by atoms with E-state index < -0.39 is 0 Å². The number of esters is 1. The minimum Gasteiger partial charge on any atom is -0.462 e. The summed E-state index contributed by atoms with van der Waals surface area (Å²) in [6.07, 6.45) is 0. The van der Waals surface area contributed by atoms with Crippen molar-refractivity contribution < 1.29 is 9.53 Å². The number of pyridine rings is 1. The van der Waals surface area contributed by atoms with Gasteiger partial charge in [0.15, 0.2) is 0 Å². The molecule has 0 radical (unpaired) electrons. The lowest BCUT2D eigenvalue weighted by atomic mass is 9.94. The fourth-order valence-electron chi connectivity index (χ4n) is 2.72. The van der Waals surface area contributed by atoms with Gasteiger partial charge >= 0.3 is 5.97 Å². The smallest absolute Gasteiger partial charge is 0.340 e. The van der Waals surface area contributed by atoms with Crippen molar-refractivity contribution in [2.24, 2.45) is 0 Å². The molecule has 3 aromatic rings. The zero-order valence-electron chi connectivity index (χ0n) is 13.0. The summed E-state index contributed by atoms with van der Waals surface area (Å²) < 4.78 is 5.24. The number of halogens is 1. The number of ether oxygens (including phenoxy) is 1. The van der Waals surface area contributed by atoms with Crippen LogP contribution in [0.1, 0.15) is 23.0 Å². The molecule has 0 aliphatic heterocycles. The van der Waals surface area contributed by atoms with Gasteiger partial charge < -0.3 is 4.74 Å². The number of fused-ring (bicyclic) bond motifs is 1. The molecular weight excluding hydrogens is 310 g/mol. The predicted molar refractivity (Wildman–Crippen MR) is 92.9 cm³/mol. The molecule has 0 aliphatic carbocycles. The predicted octanol–water partition coefficient (Wildman–Crippen LogP) is 5.04.